The lowest BCUT2D eigenvalue weighted by atomic mass is 9.89. The van der Waals surface area contributed by atoms with Crippen LogP contribution in [0.5, 0.6) is 5.75 Å². The van der Waals surface area contributed by atoms with Gasteiger partial charge in [-0.15, -0.1) is 0 Å². The normalized spacial score (nSPS) is 18.1. The average Bonchev–Trinajstić information content (AvgIpc) is 3.23. The van der Waals surface area contributed by atoms with Crippen LogP contribution < -0.4 is 4.74 Å². The number of methoxy groups -OCH3 is 1. The number of aliphatic hydroxyl groups excluding tert-OH is 1. The van der Waals surface area contributed by atoms with Crippen molar-refractivity contribution in [1.29, 1.82) is 0 Å². The highest BCUT2D eigenvalue weighted by molar-refractivity contribution is 5.93. The van der Waals surface area contributed by atoms with E-state index >= 15 is 0 Å². The number of aliphatic hydroxyl groups is 2. The van der Waals surface area contributed by atoms with Gasteiger partial charge in [0.25, 0.3) is 0 Å². The second-order valence-corrected chi connectivity index (χ2v) is 6.57. The maximum Gasteiger partial charge on any atom is 0.425 e. The number of nitrogens with zero attached hydrogens (tertiary/aromatic N) is 2. The van der Waals surface area contributed by atoms with Gasteiger partial charge in [0.05, 0.1) is 26.5 Å². The Balaban J connectivity index is 2.05. The van der Waals surface area contributed by atoms with Gasteiger partial charge in [-0.2, -0.15) is 18.3 Å². The summed E-state index contributed by atoms with van der Waals surface area (Å²) in [6, 6.07) is 8.80. The summed E-state index contributed by atoms with van der Waals surface area (Å²) in [5.74, 6) is 0.194. The first-order valence-corrected chi connectivity index (χ1v) is 8.56. The number of aromatic nitrogens is 2. The number of fused-ring (bicyclic) bond motifs is 3. The summed E-state index contributed by atoms with van der Waals surface area (Å²) in [5, 5.41) is 24.1. The van der Waals surface area contributed by atoms with E-state index in [9.17, 15) is 18.3 Å². The minimum Gasteiger partial charge on any atom is -0.497 e. The molecule has 1 unspecified atom stereocenters. The Labute approximate surface area is 158 Å². The molecule has 1 aliphatic rings. The van der Waals surface area contributed by atoms with E-state index in [1.54, 1.807) is 24.4 Å². The molecule has 5 nitrogen and oxygen atoms in total. The summed E-state index contributed by atoms with van der Waals surface area (Å²) in [7, 11) is 1.36. The van der Waals surface area contributed by atoms with Gasteiger partial charge < -0.3 is 14.9 Å². The fraction of sp³-hybridized carbons (Fsp3) is 0.250. The van der Waals surface area contributed by atoms with E-state index in [2.05, 4.69) is 5.10 Å². The Morgan fingerprint density at radius 3 is 2.57 bits per heavy atom. The summed E-state index contributed by atoms with van der Waals surface area (Å²) < 4.78 is 48.8. The standard InChI is InChI=1S/C20H17F3N2O3/c1-28-13-8-15(12-10-24-25(11-12)6-7-26)18-14-4-2-3-5-16(14)19(27,17(18)9-13)20(21,22)23/h2-5,8-11,26-27H,6-7H2,1H3. The highest BCUT2D eigenvalue weighted by Crippen LogP contribution is 2.58. The van der Waals surface area contributed by atoms with Crippen molar-refractivity contribution in [2.45, 2.75) is 18.3 Å². The van der Waals surface area contributed by atoms with Gasteiger partial charge in [-0.25, -0.2) is 0 Å². The first kappa shape index (κ1) is 18.5. The maximum absolute atomic E-state index is 14.0. The predicted octanol–water partition coefficient (Wildman–Crippen LogP) is 3.33. The van der Waals surface area contributed by atoms with Crippen LogP contribution in [0.3, 0.4) is 0 Å². The van der Waals surface area contributed by atoms with Crippen LogP contribution in [0.15, 0.2) is 48.8 Å². The maximum atomic E-state index is 14.0. The van der Waals surface area contributed by atoms with E-state index in [-0.39, 0.29) is 30.0 Å². The number of benzene rings is 2. The topological polar surface area (TPSA) is 67.5 Å². The Hall–Kier alpha value is -2.84. The molecule has 1 heterocycles. The molecular formula is C20H17F3N2O3. The van der Waals surface area contributed by atoms with Gasteiger partial charge in [0, 0.05) is 22.9 Å². The fourth-order valence-electron chi connectivity index (χ4n) is 3.73. The van der Waals surface area contributed by atoms with E-state index in [0.29, 0.717) is 22.3 Å². The molecule has 0 amide bonds. The monoisotopic (exact) mass is 390 g/mol. The van der Waals surface area contributed by atoms with Crippen molar-refractivity contribution in [3.63, 3.8) is 0 Å². The molecular weight excluding hydrogens is 373 g/mol. The number of rotatable bonds is 4. The van der Waals surface area contributed by atoms with Crippen LogP contribution in [0.4, 0.5) is 13.2 Å². The summed E-state index contributed by atoms with van der Waals surface area (Å²) in [4.78, 5) is 0. The molecule has 8 heteroatoms. The van der Waals surface area contributed by atoms with Crippen molar-refractivity contribution < 1.29 is 28.1 Å². The third kappa shape index (κ3) is 2.52. The number of ether oxygens (including phenoxy) is 1. The summed E-state index contributed by atoms with van der Waals surface area (Å²) >= 11 is 0. The van der Waals surface area contributed by atoms with Crippen LogP contribution in [0.1, 0.15) is 11.1 Å². The van der Waals surface area contributed by atoms with Gasteiger partial charge in [0.2, 0.25) is 5.60 Å². The SMILES string of the molecule is COc1cc(-c2cnn(CCO)c2)c2c(c1)C(O)(C(F)(F)F)c1ccccc1-2. The van der Waals surface area contributed by atoms with E-state index in [1.807, 2.05) is 0 Å². The molecule has 28 heavy (non-hydrogen) atoms. The smallest absolute Gasteiger partial charge is 0.425 e. The third-order valence-corrected chi connectivity index (χ3v) is 5.01. The van der Waals surface area contributed by atoms with Gasteiger partial charge in [-0.05, 0) is 28.8 Å². The van der Waals surface area contributed by atoms with Crippen molar-refractivity contribution in [3.8, 4) is 28.0 Å². The number of hydrogen-bond acceptors (Lipinski definition) is 4. The van der Waals surface area contributed by atoms with E-state index in [1.165, 1.54) is 36.2 Å². The summed E-state index contributed by atoms with van der Waals surface area (Å²) in [6.07, 6.45) is -1.77. The zero-order valence-corrected chi connectivity index (χ0v) is 14.9. The lowest BCUT2D eigenvalue weighted by Crippen LogP contribution is -2.41. The van der Waals surface area contributed by atoms with Crippen molar-refractivity contribution in [2.75, 3.05) is 13.7 Å². The largest absolute Gasteiger partial charge is 0.497 e. The van der Waals surface area contributed by atoms with E-state index < -0.39 is 11.8 Å². The first-order valence-electron chi connectivity index (χ1n) is 8.56. The zero-order valence-electron chi connectivity index (χ0n) is 14.9. The number of halogens is 3. The van der Waals surface area contributed by atoms with Gasteiger partial charge in [-0.3, -0.25) is 4.68 Å². The Bertz CT molecular complexity index is 1050. The second kappa shape index (κ2) is 6.35. The number of alkyl halides is 3. The lowest BCUT2D eigenvalue weighted by Gasteiger charge is -2.28. The highest BCUT2D eigenvalue weighted by atomic mass is 19.4. The Kier molecular flexibility index (Phi) is 4.20. The molecule has 0 saturated heterocycles. The lowest BCUT2D eigenvalue weighted by molar-refractivity contribution is -0.246. The first-order chi connectivity index (χ1) is 13.3. The van der Waals surface area contributed by atoms with Gasteiger partial charge in [0.15, 0.2) is 0 Å². The van der Waals surface area contributed by atoms with Crippen LogP contribution in [0, 0.1) is 0 Å². The average molecular weight is 390 g/mol. The molecule has 3 aromatic rings. The molecule has 0 bridgehead atoms. The van der Waals surface area contributed by atoms with Crippen molar-refractivity contribution in [1.82, 2.24) is 9.78 Å². The molecule has 2 N–H and O–H groups in total. The summed E-state index contributed by atoms with van der Waals surface area (Å²) in [6.45, 7) is 0.142. The summed E-state index contributed by atoms with van der Waals surface area (Å²) in [5.41, 5.74) is -2.00. The minimum absolute atomic E-state index is 0.117. The molecule has 1 aromatic heterocycles. The van der Waals surface area contributed by atoms with E-state index in [4.69, 9.17) is 9.84 Å². The molecule has 2 aromatic carbocycles. The van der Waals surface area contributed by atoms with Crippen LogP contribution in [-0.4, -0.2) is 39.9 Å². The minimum atomic E-state index is -4.92. The Morgan fingerprint density at radius 2 is 1.89 bits per heavy atom. The Morgan fingerprint density at radius 1 is 1.14 bits per heavy atom. The fourth-order valence-corrected chi connectivity index (χ4v) is 3.73. The zero-order chi connectivity index (χ0) is 20.1. The van der Waals surface area contributed by atoms with Gasteiger partial charge in [0.1, 0.15) is 5.75 Å². The molecule has 4 rings (SSSR count). The van der Waals surface area contributed by atoms with Crippen LogP contribution in [0.25, 0.3) is 22.3 Å². The second-order valence-electron chi connectivity index (χ2n) is 6.57. The molecule has 0 saturated carbocycles. The van der Waals surface area contributed by atoms with Crippen LogP contribution in [-0.2, 0) is 12.1 Å². The molecule has 0 radical (unpaired) electrons. The van der Waals surface area contributed by atoms with Gasteiger partial charge in [-0.1, -0.05) is 24.3 Å². The van der Waals surface area contributed by atoms with Crippen molar-refractivity contribution in [2.24, 2.45) is 0 Å². The highest BCUT2D eigenvalue weighted by Gasteiger charge is 2.61. The van der Waals surface area contributed by atoms with Crippen molar-refractivity contribution >= 4 is 0 Å². The molecule has 0 aliphatic heterocycles. The van der Waals surface area contributed by atoms with Crippen molar-refractivity contribution in [3.05, 3.63) is 59.9 Å². The molecule has 0 spiro atoms. The molecule has 1 aliphatic carbocycles. The van der Waals surface area contributed by atoms with Gasteiger partial charge >= 0.3 is 6.18 Å². The molecule has 1 atom stereocenters. The van der Waals surface area contributed by atoms with Crippen LogP contribution >= 0.6 is 0 Å². The predicted molar refractivity (Wildman–Crippen MR) is 95.8 cm³/mol. The number of hydrogen-bond donors (Lipinski definition) is 2. The van der Waals surface area contributed by atoms with E-state index in [0.717, 1.165) is 0 Å². The molecule has 0 fully saturated rings. The molecule has 146 valence electrons. The third-order valence-electron chi connectivity index (χ3n) is 5.01. The quantitative estimate of drug-likeness (QED) is 0.717. The van der Waals surface area contributed by atoms with Crippen LogP contribution in [0.2, 0.25) is 0 Å².